The van der Waals surface area contributed by atoms with E-state index in [1.165, 1.54) is 31.4 Å². The van der Waals surface area contributed by atoms with Crippen LogP contribution in [0.3, 0.4) is 0 Å². The molecule has 3 nitrogen and oxygen atoms in total. The van der Waals surface area contributed by atoms with Gasteiger partial charge < -0.3 is 10.0 Å². The maximum Gasteiger partial charge on any atom is 0.257 e. The first-order valence-corrected chi connectivity index (χ1v) is 6.39. The van der Waals surface area contributed by atoms with Crippen LogP contribution in [-0.4, -0.2) is 29.0 Å². The molecule has 98 valence electrons. The van der Waals surface area contributed by atoms with Crippen LogP contribution in [-0.2, 0) is 0 Å². The van der Waals surface area contributed by atoms with Crippen LogP contribution in [0, 0.1) is 11.7 Å². The summed E-state index contributed by atoms with van der Waals surface area (Å²) in [7, 11) is 0. The Balaban J connectivity index is 2.11. The smallest absolute Gasteiger partial charge is 0.257 e. The number of hydrogen-bond acceptors (Lipinski definition) is 2. The topological polar surface area (TPSA) is 40.5 Å². The number of benzene rings is 1. The molecule has 1 aromatic carbocycles. The van der Waals surface area contributed by atoms with Gasteiger partial charge in [-0.05, 0) is 37.8 Å². The number of amides is 1. The van der Waals surface area contributed by atoms with E-state index < -0.39 is 5.82 Å². The van der Waals surface area contributed by atoms with Gasteiger partial charge in [-0.1, -0.05) is 6.42 Å². The average molecular weight is 251 g/mol. The fraction of sp³-hybridized carbons (Fsp3) is 0.500. The predicted molar refractivity (Wildman–Crippen MR) is 67.0 cm³/mol. The van der Waals surface area contributed by atoms with E-state index in [1.54, 1.807) is 4.90 Å². The summed E-state index contributed by atoms with van der Waals surface area (Å²) in [6.45, 7) is 3.25. The Labute approximate surface area is 106 Å². The summed E-state index contributed by atoms with van der Waals surface area (Å²) >= 11 is 0. The van der Waals surface area contributed by atoms with E-state index in [0.717, 1.165) is 12.6 Å². The third-order valence-electron chi connectivity index (χ3n) is 3.56. The van der Waals surface area contributed by atoms with Gasteiger partial charge in [0.05, 0.1) is 5.56 Å². The third-order valence-corrected chi connectivity index (χ3v) is 3.56. The van der Waals surface area contributed by atoms with E-state index in [9.17, 15) is 14.3 Å². The van der Waals surface area contributed by atoms with Gasteiger partial charge in [0.2, 0.25) is 0 Å². The largest absolute Gasteiger partial charge is 0.507 e. The monoisotopic (exact) mass is 251 g/mol. The molecule has 1 aliphatic carbocycles. The maximum absolute atomic E-state index is 12.9. The quantitative estimate of drug-likeness (QED) is 0.894. The normalized spacial score (nSPS) is 15.2. The molecule has 0 unspecified atom stereocenters. The molecule has 0 aliphatic heterocycles. The minimum atomic E-state index is -0.536. The van der Waals surface area contributed by atoms with E-state index >= 15 is 0 Å². The zero-order valence-corrected chi connectivity index (χ0v) is 10.5. The zero-order chi connectivity index (χ0) is 13.1. The molecule has 2 rings (SSSR count). The summed E-state index contributed by atoms with van der Waals surface area (Å²) in [6, 6.07) is 3.52. The lowest BCUT2D eigenvalue weighted by Gasteiger charge is -2.32. The molecule has 0 spiro atoms. The molecule has 1 fully saturated rings. The maximum atomic E-state index is 12.9. The second kappa shape index (κ2) is 5.38. The summed E-state index contributed by atoms with van der Waals surface area (Å²) in [5.74, 6) is -0.462. The Hall–Kier alpha value is -1.58. The summed E-state index contributed by atoms with van der Waals surface area (Å²) in [4.78, 5) is 13.9. The van der Waals surface area contributed by atoms with Gasteiger partial charge in [0.1, 0.15) is 11.6 Å². The number of carbonyl (C=O) groups is 1. The van der Waals surface area contributed by atoms with Gasteiger partial charge in [0, 0.05) is 19.2 Å². The number of carbonyl (C=O) groups excluding carboxylic acids is 1. The molecule has 1 saturated carbocycles. The van der Waals surface area contributed by atoms with E-state index in [2.05, 4.69) is 0 Å². The number of phenols is 1. The molecule has 0 radical (unpaired) electrons. The van der Waals surface area contributed by atoms with Crippen LogP contribution in [0.25, 0.3) is 0 Å². The Morgan fingerprint density at radius 2 is 2.22 bits per heavy atom. The summed E-state index contributed by atoms with van der Waals surface area (Å²) in [5.41, 5.74) is 0.178. The minimum absolute atomic E-state index is 0.178. The lowest BCUT2D eigenvalue weighted by atomic mass is 9.85. The zero-order valence-electron chi connectivity index (χ0n) is 10.5. The molecular weight excluding hydrogens is 233 g/mol. The highest BCUT2D eigenvalue weighted by atomic mass is 19.1. The van der Waals surface area contributed by atoms with Crippen LogP contribution in [0.4, 0.5) is 4.39 Å². The van der Waals surface area contributed by atoms with Gasteiger partial charge in [-0.2, -0.15) is 0 Å². The molecule has 0 saturated heterocycles. The van der Waals surface area contributed by atoms with Crippen molar-refractivity contribution in [1.29, 1.82) is 0 Å². The van der Waals surface area contributed by atoms with Crippen molar-refractivity contribution in [3.63, 3.8) is 0 Å². The van der Waals surface area contributed by atoms with Crippen LogP contribution >= 0.6 is 0 Å². The fourth-order valence-corrected chi connectivity index (χ4v) is 2.20. The highest BCUT2D eigenvalue weighted by Crippen LogP contribution is 2.28. The van der Waals surface area contributed by atoms with E-state index in [4.69, 9.17) is 0 Å². The lowest BCUT2D eigenvalue weighted by Crippen LogP contribution is -2.37. The van der Waals surface area contributed by atoms with Crippen LogP contribution in [0.2, 0.25) is 0 Å². The van der Waals surface area contributed by atoms with Crippen molar-refractivity contribution in [2.75, 3.05) is 13.1 Å². The van der Waals surface area contributed by atoms with E-state index in [-0.39, 0.29) is 17.2 Å². The van der Waals surface area contributed by atoms with Gasteiger partial charge in [0.25, 0.3) is 5.91 Å². The van der Waals surface area contributed by atoms with Gasteiger partial charge in [-0.25, -0.2) is 4.39 Å². The van der Waals surface area contributed by atoms with Crippen LogP contribution in [0.1, 0.15) is 36.5 Å². The Morgan fingerprint density at radius 1 is 1.50 bits per heavy atom. The Bertz CT molecular complexity index is 443. The average Bonchev–Trinajstić information content (AvgIpc) is 2.27. The summed E-state index contributed by atoms with van der Waals surface area (Å²) in [5, 5.41) is 9.62. The molecule has 0 aromatic heterocycles. The van der Waals surface area contributed by atoms with Crippen molar-refractivity contribution in [3.8, 4) is 5.75 Å². The van der Waals surface area contributed by atoms with Crippen molar-refractivity contribution >= 4 is 5.91 Å². The molecule has 1 aromatic rings. The van der Waals surface area contributed by atoms with E-state index in [1.807, 2.05) is 6.92 Å². The highest BCUT2D eigenvalue weighted by Gasteiger charge is 2.24. The summed E-state index contributed by atoms with van der Waals surface area (Å²) in [6.07, 6.45) is 3.57. The van der Waals surface area contributed by atoms with Crippen molar-refractivity contribution in [2.24, 2.45) is 5.92 Å². The molecule has 1 amide bonds. The van der Waals surface area contributed by atoms with E-state index in [0.29, 0.717) is 12.5 Å². The number of halogens is 1. The summed E-state index contributed by atoms with van der Waals surface area (Å²) < 4.78 is 12.9. The van der Waals surface area contributed by atoms with Crippen molar-refractivity contribution in [2.45, 2.75) is 26.2 Å². The van der Waals surface area contributed by atoms with Crippen molar-refractivity contribution in [1.82, 2.24) is 4.90 Å². The second-order valence-electron chi connectivity index (χ2n) is 4.80. The Morgan fingerprint density at radius 3 is 2.72 bits per heavy atom. The SMILES string of the molecule is CCN(CC1CCC1)C(=O)c1ccc(F)cc1O. The number of nitrogens with zero attached hydrogens (tertiary/aromatic N) is 1. The molecule has 0 atom stereocenters. The number of phenolic OH excluding ortho intramolecular Hbond substituents is 1. The first-order valence-electron chi connectivity index (χ1n) is 6.39. The van der Waals surface area contributed by atoms with Gasteiger partial charge in [-0.3, -0.25) is 4.79 Å². The molecular formula is C14H18FNO2. The van der Waals surface area contributed by atoms with Crippen molar-refractivity contribution < 1.29 is 14.3 Å². The van der Waals surface area contributed by atoms with Crippen LogP contribution < -0.4 is 0 Å². The van der Waals surface area contributed by atoms with Crippen LogP contribution in [0.15, 0.2) is 18.2 Å². The Kier molecular flexibility index (Phi) is 3.84. The molecule has 1 N–H and O–H groups in total. The molecule has 0 bridgehead atoms. The van der Waals surface area contributed by atoms with Gasteiger partial charge >= 0.3 is 0 Å². The fourth-order valence-electron chi connectivity index (χ4n) is 2.20. The predicted octanol–water partition coefficient (Wildman–Crippen LogP) is 2.79. The molecule has 1 aliphatic rings. The molecule has 0 heterocycles. The standard InChI is InChI=1S/C14H18FNO2/c1-2-16(9-10-4-3-5-10)14(18)12-7-6-11(15)8-13(12)17/h6-8,10,17H,2-5,9H2,1H3. The number of hydrogen-bond donors (Lipinski definition) is 1. The molecule has 18 heavy (non-hydrogen) atoms. The van der Waals surface area contributed by atoms with Gasteiger partial charge in [-0.15, -0.1) is 0 Å². The van der Waals surface area contributed by atoms with Crippen molar-refractivity contribution in [3.05, 3.63) is 29.6 Å². The van der Waals surface area contributed by atoms with Gasteiger partial charge in [0.15, 0.2) is 0 Å². The second-order valence-corrected chi connectivity index (χ2v) is 4.80. The molecule has 4 heteroatoms. The van der Waals surface area contributed by atoms with Crippen LogP contribution in [0.5, 0.6) is 5.75 Å². The minimum Gasteiger partial charge on any atom is -0.507 e. The number of aromatic hydroxyl groups is 1. The third kappa shape index (κ3) is 2.63. The first kappa shape index (κ1) is 12.9. The lowest BCUT2D eigenvalue weighted by molar-refractivity contribution is 0.0703. The highest BCUT2D eigenvalue weighted by molar-refractivity contribution is 5.96. The first-order chi connectivity index (χ1) is 8.61. The number of rotatable bonds is 4.